The fourth-order valence-corrected chi connectivity index (χ4v) is 1.86. The third-order valence-corrected chi connectivity index (χ3v) is 3.35. The summed E-state index contributed by atoms with van der Waals surface area (Å²) in [6, 6.07) is 9.72. The highest BCUT2D eigenvalue weighted by Gasteiger charge is 2.09. The van der Waals surface area contributed by atoms with Crippen LogP contribution in [0.3, 0.4) is 0 Å². The van der Waals surface area contributed by atoms with Gasteiger partial charge >= 0.3 is 0 Å². The van der Waals surface area contributed by atoms with E-state index in [4.69, 9.17) is 4.42 Å². The van der Waals surface area contributed by atoms with Crippen LogP contribution in [0.25, 0.3) is 11.3 Å². The molecule has 0 saturated carbocycles. The van der Waals surface area contributed by atoms with Gasteiger partial charge in [-0.05, 0) is 37.6 Å². The molecule has 0 saturated heterocycles. The zero-order chi connectivity index (χ0) is 11.7. The minimum Gasteiger partial charge on any atom is -0.458 e. The number of hydrogen-bond acceptors (Lipinski definition) is 2. The molecule has 1 N–H and O–H groups in total. The number of furan rings is 1. The van der Waals surface area contributed by atoms with E-state index in [0.29, 0.717) is 5.76 Å². The highest BCUT2D eigenvalue weighted by atomic mass is 79.9. The largest absolute Gasteiger partial charge is 0.458 e. The Balaban J connectivity index is 2.39. The lowest BCUT2D eigenvalue weighted by molar-refractivity contribution is 0.170. The van der Waals surface area contributed by atoms with Crippen LogP contribution in [0, 0.1) is 6.92 Å². The summed E-state index contributed by atoms with van der Waals surface area (Å²) in [5, 5.41) is 9.38. The van der Waals surface area contributed by atoms with Crippen molar-refractivity contribution >= 4 is 15.9 Å². The van der Waals surface area contributed by atoms with Gasteiger partial charge in [-0.1, -0.05) is 28.1 Å². The van der Waals surface area contributed by atoms with Crippen LogP contribution in [-0.4, -0.2) is 5.11 Å². The molecule has 16 heavy (non-hydrogen) atoms. The Morgan fingerprint density at radius 2 is 2.00 bits per heavy atom. The summed E-state index contributed by atoms with van der Waals surface area (Å²) >= 11 is 3.49. The molecule has 2 aromatic rings. The van der Waals surface area contributed by atoms with Gasteiger partial charge in [0.1, 0.15) is 17.6 Å². The summed E-state index contributed by atoms with van der Waals surface area (Å²) in [4.78, 5) is 0. The van der Waals surface area contributed by atoms with E-state index in [9.17, 15) is 5.11 Å². The molecule has 0 spiro atoms. The average molecular weight is 281 g/mol. The highest BCUT2D eigenvalue weighted by molar-refractivity contribution is 9.10. The number of aliphatic hydroxyl groups is 1. The van der Waals surface area contributed by atoms with E-state index in [1.165, 1.54) is 5.56 Å². The smallest absolute Gasteiger partial charge is 0.134 e. The van der Waals surface area contributed by atoms with Crippen LogP contribution < -0.4 is 0 Å². The molecular formula is C13H13BrO2. The van der Waals surface area contributed by atoms with Gasteiger partial charge in [-0.15, -0.1) is 0 Å². The van der Waals surface area contributed by atoms with Crippen molar-refractivity contribution < 1.29 is 9.52 Å². The Morgan fingerprint density at radius 1 is 1.25 bits per heavy atom. The maximum Gasteiger partial charge on any atom is 0.134 e. The molecule has 0 aliphatic rings. The normalized spacial score (nSPS) is 12.8. The van der Waals surface area contributed by atoms with E-state index in [1.807, 2.05) is 31.2 Å². The van der Waals surface area contributed by atoms with E-state index in [0.717, 1.165) is 15.8 Å². The fraction of sp³-hybridized carbons (Fsp3) is 0.231. The van der Waals surface area contributed by atoms with Crippen molar-refractivity contribution in [2.45, 2.75) is 20.0 Å². The van der Waals surface area contributed by atoms with Crippen LogP contribution in [0.1, 0.15) is 24.4 Å². The number of halogens is 1. The zero-order valence-electron chi connectivity index (χ0n) is 9.20. The quantitative estimate of drug-likeness (QED) is 0.900. The van der Waals surface area contributed by atoms with Crippen molar-refractivity contribution in [1.82, 2.24) is 0 Å². The number of hydrogen-bond donors (Lipinski definition) is 1. The Labute approximate surface area is 103 Å². The number of aliphatic hydroxyl groups excluding tert-OH is 1. The topological polar surface area (TPSA) is 33.4 Å². The standard InChI is InChI=1S/C13H13BrO2/c1-8-3-4-10(7-11(8)14)13-6-5-12(16-13)9(2)15/h3-7,9,15H,1-2H3. The van der Waals surface area contributed by atoms with Crippen molar-refractivity contribution in [1.29, 1.82) is 0 Å². The third-order valence-electron chi connectivity index (χ3n) is 2.49. The van der Waals surface area contributed by atoms with Gasteiger partial charge in [0.15, 0.2) is 0 Å². The minimum atomic E-state index is -0.567. The van der Waals surface area contributed by atoms with Crippen LogP contribution in [0.5, 0.6) is 0 Å². The second-order valence-electron chi connectivity index (χ2n) is 3.84. The van der Waals surface area contributed by atoms with Gasteiger partial charge < -0.3 is 9.52 Å². The van der Waals surface area contributed by atoms with Gasteiger partial charge in [-0.2, -0.15) is 0 Å². The minimum absolute atomic E-state index is 0.567. The number of aryl methyl sites for hydroxylation is 1. The first-order valence-electron chi connectivity index (χ1n) is 5.12. The monoisotopic (exact) mass is 280 g/mol. The summed E-state index contributed by atoms with van der Waals surface area (Å²) in [5.74, 6) is 1.36. The Hall–Kier alpha value is -1.06. The first-order chi connectivity index (χ1) is 7.58. The van der Waals surface area contributed by atoms with Crippen molar-refractivity contribution in [2.75, 3.05) is 0 Å². The van der Waals surface area contributed by atoms with Crippen LogP contribution in [0.2, 0.25) is 0 Å². The fourth-order valence-electron chi connectivity index (χ4n) is 1.48. The maximum atomic E-state index is 9.38. The van der Waals surface area contributed by atoms with Gasteiger partial charge in [0, 0.05) is 10.0 Å². The second-order valence-corrected chi connectivity index (χ2v) is 4.70. The molecule has 0 fully saturated rings. The first-order valence-corrected chi connectivity index (χ1v) is 5.91. The number of benzene rings is 1. The van der Waals surface area contributed by atoms with E-state index in [-0.39, 0.29) is 0 Å². The van der Waals surface area contributed by atoms with Crippen molar-refractivity contribution in [2.24, 2.45) is 0 Å². The van der Waals surface area contributed by atoms with Gasteiger partial charge in [0.25, 0.3) is 0 Å². The molecule has 1 atom stereocenters. The van der Waals surface area contributed by atoms with Gasteiger partial charge in [-0.3, -0.25) is 0 Å². The Morgan fingerprint density at radius 3 is 2.56 bits per heavy atom. The Kier molecular flexibility index (Phi) is 3.17. The van der Waals surface area contributed by atoms with Crippen LogP contribution >= 0.6 is 15.9 Å². The molecule has 2 rings (SSSR count). The van der Waals surface area contributed by atoms with Crippen LogP contribution in [-0.2, 0) is 0 Å². The molecule has 1 aromatic heterocycles. The lowest BCUT2D eigenvalue weighted by Crippen LogP contribution is -1.85. The van der Waals surface area contributed by atoms with E-state index in [1.54, 1.807) is 13.0 Å². The van der Waals surface area contributed by atoms with E-state index >= 15 is 0 Å². The molecule has 2 nitrogen and oxygen atoms in total. The van der Waals surface area contributed by atoms with Crippen molar-refractivity contribution in [3.8, 4) is 11.3 Å². The molecule has 0 aliphatic heterocycles. The van der Waals surface area contributed by atoms with Crippen LogP contribution in [0.4, 0.5) is 0 Å². The average Bonchev–Trinajstić information content (AvgIpc) is 2.71. The second kappa shape index (κ2) is 4.44. The molecule has 1 unspecified atom stereocenters. The lowest BCUT2D eigenvalue weighted by atomic mass is 10.1. The molecule has 0 bridgehead atoms. The predicted octanol–water partition coefficient (Wildman–Crippen LogP) is 4.07. The molecule has 84 valence electrons. The summed E-state index contributed by atoms with van der Waals surface area (Å²) in [7, 11) is 0. The zero-order valence-corrected chi connectivity index (χ0v) is 10.8. The maximum absolute atomic E-state index is 9.38. The summed E-state index contributed by atoms with van der Waals surface area (Å²) in [6.07, 6.45) is -0.567. The summed E-state index contributed by atoms with van der Waals surface area (Å²) in [5.41, 5.74) is 2.19. The number of rotatable bonds is 2. The summed E-state index contributed by atoms with van der Waals surface area (Å²) < 4.78 is 6.61. The third kappa shape index (κ3) is 2.20. The Bertz CT molecular complexity index is 500. The molecule has 0 aliphatic carbocycles. The molecule has 0 amide bonds. The van der Waals surface area contributed by atoms with Gasteiger partial charge in [0.2, 0.25) is 0 Å². The lowest BCUT2D eigenvalue weighted by Gasteiger charge is -2.02. The highest BCUT2D eigenvalue weighted by Crippen LogP contribution is 2.28. The molecule has 3 heteroatoms. The van der Waals surface area contributed by atoms with E-state index < -0.39 is 6.10 Å². The predicted molar refractivity (Wildman–Crippen MR) is 67.2 cm³/mol. The van der Waals surface area contributed by atoms with Crippen molar-refractivity contribution in [3.05, 3.63) is 46.1 Å². The molecule has 1 aromatic carbocycles. The van der Waals surface area contributed by atoms with Gasteiger partial charge in [0.05, 0.1) is 0 Å². The molecular weight excluding hydrogens is 268 g/mol. The first kappa shape index (κ1) is 11.4. The van der Waals surface area contributed by atoms with Crippen molar-refractivity contribution in [3.63, 3.8) is 0 Å². The van der Waals surface area contributed by atoms with Crippen LogP contribution in [0.15, 0.2) is 39.2 Å². The summed E-state index contributed by atoms with van der Waals surface area (Å²) in [6.45, 7) is 3.73. The SMILES string of the molecule is Cc1ccc(-c2ccc(C(C)O)o2)cc1Br. The molecule has 0 radical (unpaired) electrons. The molecule has 1 heterocycles. The van der Waals surface area contributed by atoms with E-state index in [2.05, 4.69) is 15.9 Å². The van der Waals surface area contributed by atoms with Gasteiger partial charge in [-0.25, -0.2) is 0 Å².